The van der Waals surface area contributed by atoms with Gasteiger partial charge in [0.2, 0.25) is 0 Å². The number of aryl methyl sites for hydroxylation is 1. The van der Waals surface area contributed by atoms with Gasteiger partial charge in [0.05, 0.1) is 0 Å². The molecule has 2 rings (SSSR count). The number of nitrogens with one attached hydrogen (secondary N) is 1. The van der Waals surface area contributed by atoms with Crippen molar-refractivity contribution in [3.05, 3.63) is 44.2 Å². The maximum atomic E-state index is 12.1. The third kappa shape index (κ3) is 3.64. The van der Waals surface area contributed by atoms with E-state index in [1.165, 1.54) is 0 Å². The van der Waals surface area contributed by atoms with E-state index >= 15 is 0 Å². The van der Waals surface area contributed by atoms with Gasteiger partial charge in [-0.15, -0.1) is 12.4 Å². The van der Waals surface area contributed by atoms with Gasteiger partial charge < -0.3 is 15.5 Å². The molecule has 1 atom stereocenters. The summed E-state index contributed by atoms with van der Waals surface area (Å²) in [6, 6.07) is 5.08. The van der Waals surface area contributed by atoms with Gasteiger partial charge in [0.15, 0.2) is 0 Å². The van der Waals surface area contributed by atoms with Gasteiger partial charge in [-0.05, 0) is 37.6 Å². The molecule has 0 aliphatic rings. The van der Waals surface area contributed by atoms with Gasteiger partial charge in [0, 0.05) is 22.4 Å². The Balaban J connectivity index is 0.00000220. The molecule has 21 heavy (non-hydrogen) atoms. The highest BCUT2D eigenvalue weighted by Crippen LogP contribution is 2.23. The lowest BCUT2D eigenvalue weighted by Gasteiger charge is -2.12. The monoisotopic (exact) mass is 374 g/mol. The van der Waals surface area contributed by atoms with Gasteiger partial charge in [-0.2, -0.15) is 0 Å². The lowest BCUT2D eigenvalue weighted by atomic mass is 10.1. The normalized spacial score (nSPS) is 11.8. The predicted octanol–water partition coefficient (Wildman–Crippen LogP) is 2.36. The summed E-state index contributed by atoms with van der Waals surface area (Å²) in [7, 11) is 0. The zero-order chi connectivity index (χ0) is 14.9. The van der Waals surface area contributed by atoms with Gasteiger partial charge in [-0.3, -0.25) is 4.79 Å². The standard InChI is InChI=1S/C14H15BrN2O3.ClH/c1-7(6-16)17-13(18)12-8(2)10-5-9(15)3-4-11(10)20-14(12)19;/h3-5,7H,6,16H2,1-2H3,(H,17,18);1H/t7-;/m0./s1. The van der Waals surface area contributed by atoms with E-state index in [0.29, 0.717) is 17.7 Å². The lowest BCUT2D eigenvalue weighted by Crippen LogP contribution is -2.40. The van der Waals surface area contributed by atoms with Crippen molar-refractivity contribution in [2.24, 2.45) is 5.73 Å². The number of amides is 1. The van der Waals surface area contributed by atoms with Crippen LogP contribution in [0, 0.1) is 6.92 Å². The molecule has 0 aliphatic carbocycles. The topological polar surface area (TPSA) is 85.3 Å². The van der Waals surface area contributed by atoms with Crippen molar-refractivity contribution in [2.45, 2.75) is 19.9 Å². The fourth-order valence-electron chi connectivity index (χ4n) is 1.94. The minimum atomic E-state index is -0.640. The van der Waals surface area contributed by atoms with Crippen molar-refractivity contribution < 1.29 is 9.21 Å². The summed E-state index contributed by atoms with van der Waals surface area (Å²) in [5, 5.41) is 3.40. The third-order valence-electron chi connectivity index (χ3n) is 3.09. The second-order valence-corrected chi connectivity index (χ2v) is 5.56. The Kier molecular flexibility index (Phi) is 5.95. The molecule has 1 heterocycles. The van der Waals surface area contributed by atoms with Crippen LogP contribution in [0.15, 0.2) is 31.9 Å². The van der Waals surface area contributed by atoms with E-state index < -0.39 is 11.5 Å². The van der Waals surface area contributed by atoms with Gasteiger partial charge >= 0.3 is 5.63 Å². The largest absolute Gasteiger partial charge is 0.422 e. The number of hydrogen-bond donors (Lipinski definition) is 2. The number of nitrogens with two attached hydrogens (primary N) is 1. The fraction of sp³-hybridized carbons (Fsp3) is 0.286. The van der Waals surface area contributed by atoms with Crippen LogP contribution in [0.4, 0.5) is 0 Å². The summed E-state index contributed by atoms with van der Waals surface area (Å²) < 4.78 is 6.05. The summed E-state index contributed by atoms with van der Waals surface area (Å²) in [4.78, 5) is 24.1. The minimum Gasteiger partial charge on any atom is -0.422 e. The first-order valence-electron chi connectivity index (χ1n) is 6.18. The maximum absolute atomic E-state index is 12.1. The molecule has 1 amide bonds. The Morgan fingerprint density at radius 3 is 2.76 bits per heavy atom. The van der Waals surface area contributed by atoms with Crippen molar-refractivity contribution in [3.8, 4) is 0 Å². The van der Waals surface area contributed by atoms with E-state index in [0.717, 1.165) is 9.86 Å². The fourth-order valence-corrected chi connectivity index (χ4v) is 2.30. The van der Waals surface area contributed by atoms with Crippen LogP contribution in [-0.4, -0.2) is 18.5 Å². The highest BCUT2D eigenvalue weighted by atomic mass is 79.9. The first-order chi connectivity index (χ1) is 9.43. The first-order valence-corrected chi connectivity index (χ1v) is 6.97. The lowest BCUT2D eigenvalue weighted by molar-refractivity contribution is 0.0937. The van der Waals surface area contributed by atoms with Crippen molar-refractivity contribution >= 4 is 45.2 Å². The summed E-state index contributed by atoms with van der Waals surface area (Å²) in [5.41, 5.74) is 5.90. The molecule has 7 heteroatoms. The van der Waals surface area contributed by atoms with Gasteiger partial charge in [-0.25, -0.2) is 4.79 Å². The van der Waals surface area contributed by atoms with Crippen molar-refractivity contribution in [3.63, 3.8) is 0 Å². The SMILES string of the molecule is Cc1c(C(=O)N[C@@H](C)CN)c(=O)oc2ccc(Br)cc12.Cl. The number of fused-ring (bicyclic) bond motifs is 1. The number of carbonyl (C=O) groups excluding carboxylic acids is 1. The molecule has 0 unspecified atom stereocenters. The molecule has 1 aromatic carbocycles. The van der Waals surface area contributed by atoms with Crippen LogP contribution < -0.4 is 16.7 Å². The number of carbonyl (C=O) groups is 1. The van der Waals surface area contributed by atoms with Crippen LogP contribution in [0.1, 0.15) is 22.8 Å². The van der Waals surface area contributed by atoms with E-state index in [9.17, 15) is 9.59 Å². The number of hydrogen-bond acceptors (Lipinski definition) is 4. The maximum Gasteiger partial charge on any atom is 0.349 e. The van der Waals surface area contributed by atoms with Crippen LogP contribution in [0.25, 0.3) is 11.0 Å². The molecule has 114 valence electrons. The van der Waals surface area contributed by atoms with Crippen LogP contribution in [0.2, 0.25) is 0 Å². The Hall–Kier alpha value is -1.37. The molecule has 5 nitrogen and oxygen atoms in total. The van der Waals surface area contributed by atoms with Crippen molar-refractivity contribution in [1.29, 1.82) is 0 Å². The Morgan fingerprint density at radius 2 is 2.14 bits per heavy atom. The average Bonchev–Trinajstić information content (AvgIpc) is 2.39. The zero-order valence-electron chi connectivity index (χ0n) is 11.6. The summed E-state index contributed by atoms with van der Waals surface area (Å²) in [6.07, 6.45) is 0. The Morgan fingerprint density at radius 1 is 1.48 bits per heavy atom. The van der Waals surface area contributed by atoms with Crippen LogP contribution in [0.3, 0.4) is 0 Å². The van der Waals surface area contributed by atoms with E-state index in [-0.39, 0.29) is 24.0 Å². The molecule has 0 bridgehead atoms. The van der Waals surface area contributed by atoms with Crippen molar-refractivity contribution in [1.82, 2.24) is 5.32 Å². The molecular weight excluding hydrogens is 360 g/mol. The quantitative estimate of drug-likeness (QED) is 0.807. The van der Waals surface area contributed by atoms with E-state index in [4.69, 9.17) is 10.2 Å². The molecule has 0 radical (unpaired) electrons. The molecule has 0 saturated carbocycles. The Bertz CT molecular complexity index is 730. The molecule has 0 fully saturated rings. The van der Waals surface area contributed by atoms with E-state index in [2.05, 4.69) is 21.2 Å². The van der Waals surface area contributed by atoms with Gasteiger partial charge in [0.25, 0.3) is 5.91 Å². The summed E-state index contributed by atoms with van der Waals surface area (Å²) in [6.45, 7) is 3.80. The second-order valence-electron chi connectivity index (χ2n) is 4.64. The first kappa shape index (κ1) is 17.7. The number of halogens is 2. The highest BCUT2D eigenvalue weighted by Gasteiger charge is 2.19. The third-order valence-corrected chi connectivity index (χ3v) is 3.58. The smallest absolute Gasteiger partial charge is 0.349 e. The minimum absolute atomic E-state index is 0. The van der Waals surface area contributed by atoms with Crippen molar-refractivity contribution in [2.75, 3.05) is 6.54 Å². The molecule has 0 saturated heterocycles. The van der Waals surface area contributed by atoms with Crippen LogP contribution >= 0.6 is 28.3 Å². The zero-order valence-corrected chi connectivity index (χ0v) is 14.0. The Labute approximate surface area is 136 Å². The molecule has 0 spiro atoms. The molecule has 3 N–H and O–H groups in total. The van der Waals surface area contributed by atoms with E-state index in [1.54, 1.807) is 26.0 Å². The number of benzene rings is 1. The van der Waals surface area contributed by atoms with Gasteiger partial charge in [0.1, 0.15) is 11.1 Å². The van der Waals surface area contributed by atoms with E-state index in [1.807, 2.05) is 6.07 Å². The number of rotatable bonds is 3. The average molecular weight is 376 g/mol. The molecule has 0 aliphatic heterocycles. The van der Waals surface area contributed by atoms with Crippen LogP contribution in [0.5, 0.6) is 0 Å². The molecule has 1 aromatic heterocycles. The second kappa shape index (κ2) is 7.06. The summed E-state index contributed by atoms with van der Waals surface area (Å²) in [5.74, 6) is -0.462. The van der Waals surface area contributed by atoms with Gasteiger partial charge in [-0.1, -0.05) is 15.9 Å². The van der Waals surface area contributed by atoms with Crippen LogP contribution in [-0.2, 0) is 0 Å². The summed E-state index contributed by atoms with van der Waals surface area (Å²) >= 11 is 3.36. The molecule has 2 aromatic rings. The predicted molar refractivity (Wildman–Crippen MR) is 88.2 cm³/mol. The molecular formula is C14H16BrClN2O3. The highest BCUT2D eigenvalue weighted by molar-refractivity contribution is 9.10.